The molecule has 1 fully saturated rings. The number of hydrogen-bond donors (Lipinski definition) is 0. The number of esters is 1. The Kier molecular flexibility index (Phi) is 5.08. The van der Waals surface area contributed by atoms with Crippen LogP contribution in [-0.2, 0) is 21.5 Å². The van der Waals surface area contributed by atoms with Crippen molar-refractivity contribution in [2.24, 2.45) is 0 Å². The molecule has 5 rings (SSSR count). The Labute approximate surface area is 190 Å². The summed E-state index contributed by atoms with van der Waals surface area (Å²) in [5.74, 6) is 0.0784. The molecule has 0 radical (unpaired) electrons. The number of ether oxygens (including phenoxy) is 1. The Morgan fingerprint density at radius 1 is 1.22 bits per heavy atom. The summed E-state index contributed by atoms with van der Waals surface area (Å²) in [6.45, 7) is 7.31. The Hall–Kier alpha value is -3.07. The van der Waals surface area contributed by atoms with Crippen molar-refractivity contribution in [3.05, 3.63) is 47.7 Å². The fourth-order valence-electron chi connectivity index (χ4n) is 4.38. The van der Waals surface area contributed by atoms with Gasteiger partial charge in [0.1, 0.15) is 5.60 Å². The van der Waals surface area contributed by atoms with Crippen molar-refractivity contribution in [1.29, 1.82) is 0 Å². The van der Waals surface area contributed by atoms with Crippen molar-refractivity contribution in [3.8, 4) is 10.7 Å². The third-order valence-corrected chi connectivity index (χ3v) is 6.92. The molecule has 1 aliphatic carbocycles. The van der Waals surface area contributed by atoms with Crippen molar-refractivity contribution in [2.75, 3.05) is 18.0 Å². The van der Waals surface area contributed by atoms with E-state index < -0.39 is 11.6 Å². The number of rotatable bonds is 4. The van der Waals surface area contributed by atoms with Gasteiger partial charge in [0.15, 0.2) is 11.7 Å². The molecule has 2 aromatic heterocycles. The van der Waals surface area contributed by atoms with Gasteiger partial charge in [0.2, 0.25) is 5.82 Å². The molecule has 0 atom stereocenters. The quantitative estimate of drug-likeness (QED) is 0.560. The van der Waals surface area contributed by atoms with Crippen LogP contribution in [0.1, 0.15) is 44.7 Å². The third kappa shape index (κ3) is 4.04. The molecule has 1 aliphatic heterocycles. The lowest BCUT2D eigenvalue weighted by atomic mass is 9.75. The van der Waals surface area contributed by atoms with E-state index in [4.69, 9.17) is 4.74 Å². The van der Waals surface area contributed by atoms with Crippen molar-refractivity contribution in [3.63, 3.8) is 0 Å². The number of piperidine rings is 1. The average molecular weight is 451 g/mol. The molecule has 0 unspecified atom stereocenters. The van der Waals surface area contributed by atoms with Crippen LogP contribution in [-0.4, -0.2) is 49.9 Å². The van der Waals surface area contributed by atoms with E-state index in [9.17, 15) is 4.79 Å². The zero-order valence-electron chi connectivity index (χ0n) is 18.5. The minimum atomic E-state index is -0.545. The Bertz CT molecular complexity index is 1170. The highest BCUT2D eigenvalue weighted by Crippen LogP contribution is 2.44. The number of aromatic nitrogens is 5. The first-order valence-corrected chi connectivity index (χ1v) is 11.6. The number of nitrogens with zero attached hydrogens (tertiary/aromatic N) is 6. The molecule has 32 heavy (non-hydrogen) atoms. The van der Waals surface area contributed by atoms with Crippen molar-refractivity contribution in [2.45, 2.75) is 51.2 Å². The van der Waals surface area contributed by atoms with E-state index >= 15 is 0 Å². The molecular formula is C23H26N6O2S. The number of allylic oxidation sites excluding steroid dienone is 1. The van der Waals surface area contributed by atoms with Crippen LogP contribution in [0.2, 0.25) is 0 Å². The Balaban J connectivity index is 1.23. The number of fused-ring (bicyclic) bond motifs is 2. The van der Waals surface area contributed by atoms with E-state index in [1.165, 1.54) is 15.9 Å². The maximum Gasteiger partial charge on any atom is 0.330 e. The fraction of sp³-hybridized carbons (Fsp3) is 0.435. The highest BCUT2D eigenvalue weighted by atomic mass is 32.1. The summed E-state index contributed by atoms with van der Waals surface area (Å²) in [5, 5.41) is 13.4. The number of anilines is 1. The van der Waals surface area contributed by atoms with Crippen LogP contribution in [0.4, 0.5) is 5.13 Å². The smallest absolute Gasteiger partial charge is 0.330 e. The topological polar surface area (TPSA) is 86.0 Å². The number of carbonyl (C=O) groups is 1. The van der Waals surface area contributed by atoms with Crippen molar-refractivity contribution >= 4 is 28.5 Å². The molecule has 8 nitrogen and oxygen atoms in total. The predicted molar refractivity (Wildman–Crippen MR) is 123 cm³/mol. The first-order valence-electron chi connectivity index (χ1n) is 10.8. The number of hydrogen-bond acceptors (Lipinski definition) is 8. The normalized spacial score (nSPS) is 17.0. The second kappa shape index (κ2) is 7.81. The number of benzene rings is 1. The van der Waals surface area contributed by atoms with Crippen LogP contribution < -0.4 is 4.90 Å². The molecule has 0 N–H and O–H groups in total. The van der Waals surface area contributed by atoms with Crippen LogP contribution in [0.3, 0.4) is 0 Å². The highest BCUT2D eigenvalue weighted by Gasteiger charge is 2.38. The van der Waals surface area contributed by atoms with E-state index in [0.717, 1.165) is 35.9 Å². The van der Waals surface area contributed by atoms with Gasteiger partial charge in [0.25, 0.3) is 0 Å². The Morgan fingerprint density at radius 2 is 2.00 bits per heavy atom. The monoisotopic (exact) mass is 450 g/mol. The van der Waals surface area contributed by atoms with Crippen LogP contribution in [0, 0.1) is 0 Å². The van der Waals surface area contributed by atoms with Gasteiger partial charge in [-0.15, -0.1) is 10.2 Å². The molecule has 3 heterocycles. The molecule has 166 valence electrons. The van der Waals surface area contributed by atoms with Crippen LogP contribution in [0.25, 0.3) is 16.8 Å². The van der Waals surface area contributed by atoms with Gasteiger partial charge in [-0.2, -0.15) is 4.80 Å². The zero-order chi connectivity index (χ0) is 22.3. The minimum Gasteiger partial charge on any atom is -0.459 e. The summed E-state index contributed by atoms with van der Waals surface area (Å²) in [5.41, 5.74) is 2.40. The molecular weight excluding hydrogens is 424 g/mol. The van der Waals surface area contributed by atoms with E-state index in [2.05, 4.69) is 61.7 Å². The predicted octanol–water partition coefficient (Wildman–Crippen LogP) is 3.70. The molecule has 0 amide bonds. The van der Waals surface area contributed by atoms with Gasteiger partial charge >= 0.3 is 5.97 Å². The molecule has 1 aromatic carbocycles. The second-order valence-electron chi connectivity index (χ2n) is 9.30. The molecule has 3 aromatic rings. The molecule has 0 bridgehead atoms. The lowest BCUT2D eigenvalue weighted by Crippen LogP contribution is -2.41. The highest BCUT2D eigenvalue weighted by molar-refractivity contribution is 7.18. The lowest BCUT2D eigenvalue weighted by molar-refractivity contribution is -0.156. The number of thiazole rings is 1. The van der Waals surface area contributed by atoms with E-state index in [1.807, 2.05) is 20.8 Å². The van der Waals surface area contributed by atoms with E-state index in [1.54, 1.807) is 17.5 Å². The van der Waals surface area contributed by atoms with Crippen molar-refractivity contribution in [1.82, 2.24) is 25.2 Å². The first kappa shape index (κ1) is 20.8. The van der Waals surface area contributed by atoms with Crippen LogP contribution >= 0.6 is 11.3 Å². The standard InChI is InChI=1S/C23H26N6O2S/c1-22(2,3)31-19(30)15-29-26-20(25-27-29)18-14-24-21(32-18)28-12-10-23(11-13-28)9-8-16-6-4-5-7-17(16)23/h4-9,14H,10-13,15H2,1-3H3. The van der Waals surface area contributed by atoms with E-state index in [-0.39, 0.29) is 12.0 Å². The number of carbonyl (C=O) groups excluding carboxylic acids is 1. The van der Waals surface area contributed by atoms with Gasteiger partial charge in [0.05, 0.1) is 11.1 Å². The summed E-state index contributed by atoms with van der Waals surface area (Å²) in [4.78, 5) is 21.0. The van der Waals surface area contributed by atoms with Crippen LogP contribution in [0.15, 0.2) is 36.5 Å². The van der Waals surface area contributed by atoms with Gasteiger partial charge in [-0.25, -0.2) is 9.78 Å². The maximum absolute atomic E-state index is 12.0. The summed E-state index contributed by atoms with van der Waals surface area (Å²) in [6, 6.07) is 8.70. The van der Waals surface area contributed by atoms with E-state index in [0.29, 0.717) is 5.82 Å². The first-order chi connectivity index (χ1) is 15.3. The zero-order valence-corrected chi connectivity index (χ0v) is 19.3. The minimum absolute atomic E-state index is 0.0703. The third-order valence-electron chi connectivity index (χ3n) is 5.86. The van der Waals surface area contributed by atoms with Crippen LogP contribution in [0.5, 0.6) is 0 Å². The molecule has 1 spiro atoms. The lowest BCUT2D eigenvalue weighted by Gasteiger charge is -2.39. The van der Waals surface area contributed by atoms with Gasteiger partial charge in [0, 0.05) is 18.5 Å². The Morgan fingerprint density at radius 3 is 2.78 bits per heavy atom. The summed E-state index contributed by atoms with van der Waals surface area (Å²) in [7, 11) is 0. The molecule has 1 saturated heterocycles. The van der Waals surface area contributed by atoms with Crippen molar-refractivity contribution < 1.29 is 9.53 Å². The average Bonchev–Trinajstić information content (AvgIpc) is 3.47. The van der Waals surface area contributed by atoms with Gasteiger partial charge < -0.3 is 9.64 Å². The molecule has 2 aliphatic rings. The largest absolute Gasteiger partial charge is 0.459 e. The summed E-state index contributed by atoms with van der Waals surface area (Å²) in [6.07, 6.45) is 8.57. The van der Waals surface area contributed by atoms with Gasteiger partial charge in [-0.3, -0.25) is 0 Å². The van der Waals surface area contributed by atoms with Gasteiger partial charge in [-0.1, -0.05) is 47.8 Å². The fourth-order valence-corrected chi connectivity index (χ4v) is 5.27. The maximum atomic E-state index is 12.0. The SMILES string of the molecule is CC(C)(C)OC(=O)Cn1nnc(-c2cnc(N3CCC4(C=Cc5ccccc54)CC3)s2)n1. The summed E-state index contributed by atoms with van der Waals surface area (Å²) >= 11 is 1.55. The molecule has 0 saturated carbocycles. The number of tetrazole rings is 1. The van der Waals surface area contributed by atoms with Gasteiger partial charge in [-0.05, 0) is 50.0 Å². The summed E-state index contributed by atoms with van der Waals surface area (Å²) < 4.78 is 5.31. The molecule has 9 heteroatoms. The second-order valence-corrected chi connectivity index (χ2v) is 10.3.